The van der Waals surface area contributed by atoms with Crippen LogP contribution in [-0.4, -0.2) is 40.2 Å². The standard InChI is InChI=1S/C18H21N3O2/c1-2-20(12-13-22)18(23)9-8-15-14-21(11-5-10-19)17-7-4-3-6-16(15)17/h3-4,6-9,14,22H,2,5,11-13H2,1H3/b9-8+. The fourth-order valence-corrected chi connectivity index (χ4v) is 2.57. The number of hydrogen-bond acceptors (Lipinski definition) is 3. The topological polar surface area (TPSA) is 69.3 Å². The number of hydrogen-bond donors (Lipinski definition) is 1. The summed E-state index contributed by atoms with van der Waals surface area (Å²) >= 11 is 0. The number of aromatic nitrogens is 1. The molecule has 0 atom stereocenters. The molecule has 1 amide bonds. The second kappa shape index (κ2) is 8.16. The van der Waals surface area contributed by atoms with Gasteiger partial charge in [0.25, 0.3) is 0 Å². The number of nitrogens with zero attached hydrogens (tertiary/aromatic N) is 3. The molecule has 0 radical (unpaired) electrons. The number of nitriles is 1. The number of amides is 1. The van der Waals surface area contributed by atoms with Crippen molar-refractivity contribution < 1.29 is 9.90 Å². The number of likely N-dealkylation sites (N-methyl/N-ethyl adjacent to an activating group) is 1. The van der Waals surface area contributed by atoms with Crippen molar-refractivity contribution in [2.45, 2.75) is 19.9 Å². The Kier molecular flexibility index (Phi) is 5.95. The van der Waals surface area contributed by atoms with Crippen LogP contribution in [-0.2, 0) is 11.3 Å². The Hall–Kier alpha value is -2.58. The first-order valence-corrected chi connectivity index (χ1v) is 7.74. The number of fused-ring (bicyclic) bond motifs is 1. The summed E-state index contributed by atoms with van der Waals surface area (Å²) in [6, 6.07) is 10.1. The first-order chi connectivity index (χ1) is 11.2. The van der Waals surface area contributed by atoms with Crippen molar-refractivity contribution in [2.24, 2.45) is 0 Å². The highest BCUT2D eigenvalue weighted by Gasteiger charge is 2.09. The number of para-hydroxylation sites is 1. The van der Waals surface area contributed by atoms with Gasteiger partial charge in [0.1, 0.15) is 0 Å². The maximum Gasteiger partial charge on any atom is 0.246 e. The largest absolute Gasteiger partial charge is 0.395 e. The van der Waals surface area contributed by atoms with Gasteiger partial charge in [0.15, 0.2) is 0 Å². The number of rotatable bonds is 7. The van der Waals surface area contributed by atoms with Crippen molar-refractivity contribution in [3.05, 3.63) is 42.1 Å². The molecule has 120 valence electrons. The van der Waals surface area contributed by atoms with Gasteiger partial charge in [-0.1, -0.05) is 18.2 Å². The lowest BCUT2D eigenvalue weighted by atomic mass is 10.1. The van der Waals surface area contributed by atoms with Crippen LogP contribution in [0.15, 0.2) is 36.5 Å². The zero-order valence-electron chi connectivity index (χ0n) is 13.3. The fraction of sp³-hybridized carbons (Fsp3) is 0.333. The molecule has 0 spiro atoms. The van der Waals surface area contributed by atoms with E-state index < -0.39 is 0 Å². The van der Waals surface area contributed by atoms with E-state index in [4.69, 9.17) is 10.4 Å². The van der Waals surface area contributed by atoms with Crippen molar-refractivity contribution in [3.63, 3.8) is 0 Å². The van der Waals surface area contributed by atoms with Crippen LogP contribution in [0.3, 0.4) is 0 Å². The van der Waals surface area contributed by atoms with E-state index in [1.807, 2.05) is 42.0 Å². The van der Waals surface area contributed by atoms with E-state index in [1.54, 1.807) is 11.0 Å². The molecule has 0 saturated heterocycles. The van der Waals surface area contributed by atoms with Gasteiger partial charge in [0.05, 0.1) is 19.1 Å². The normalized spacial score (nSPS) is 11.0. The average molecular weight is 311 g/mol. The Morgan fingerprint density at radius 1 is 1.43 bits per heavy atom. The SMILES string of the molecule is CCN(CCO)C(=O)/C=C/c1cn(CCC#N)c2ccccc12. The zero-order valence-corrected chi connectivity index (χ0v) is 13.3. The van der Waals surface area contributed by atoms with E-state index in [1.165, 1.54) is 6.08 Å². The van der Waals surface area contributed by atoms with Gasteiger partial charge in [-0.25, -0.2) is 0 Å². The highest BCUT2D eigenvalue weighted by atomic mass is 16.3. The van der Waals surface area contributed by atoms with E-state index in [2.05, 4.69) is 6.07 Å². The Morgan fingerprint density at radius 3 is 2.91 bits per heavy atom. The molecule has 0 saturated carbocycles. The molecule has 23 heavy (non-hydrogen) atoms. The number of aryl methyl sites for hydroxylation is 1. The van der Waals surface area contributed by atoms with Crippen LogP contribution in [0.4, 0.5) is 0 Å². The summed E-state index contributed by atoms with van der Waals surface area (Å²) in [5.74, 6) is -0.115. The molecule has 5 heteroatoms. The lowest BCUT2D eigenvalue weighted by Gasteiger charge is -2.17. The molecule has 0 fully saturated rings. The summed E-state index contributed by atoms with van der Waals surface area (Å²) in [5.41, 5.74) is 2.00. The first kappa shape index (κ1) is 16.8. The zero-order chi connectivity index (χ0) is 16.7. The summed E-state index contributed by atoms with van der Waals surface area (Å²) in [5, 5.41) is 18.8. The second-order valence-corrected chi connectivity index (χ2v) is 5.18. The minimum atomic E-state index is -0.115. The summed E-state index contributed by atoms with van der Waals surface area (Å²) in [7, 11) is 0. The molecule has 0 aliphatic rings. The maximum absolute atomic E-state index is 12.1. The predicted molar refractivity (Wildman–Crippen MR) is 90.5 cm³/mol. The molecule has 0 aliphatic heterocycles. The van der Waals surface area contributed by atoms with Gasteiger partial charge < -0.3 is 14.6 Å². The van der Waals surface area contributed by atoms with Gasteiger partial charge >= 0.3 is 0 Å². The summed E-state index contributed by atoms with van der Waals surface area (Å²) in [4.78, 5) is 13.7. The monoisotopic (exact) mass is 311 g/mol. The van der Waals surface area contributed by atoms with Crippen LogP contribution in [0.5, 0.6) is 0 Å². The third kappa shape index (κ3) is 3.99. The molecule has 2 rings (SSSR count). The molecule has 0 aliphatic carbocycles. The van der Waals surface area contributed by atoms with Crippen molar-refractivity contribution in [1.29, 1.82) is 5.26 Å². The van der Waals surface area contributed by atoms with Crippen LogP contribution < -0.4 is 0 Å². The van der Waals surface area contributed by atoms with Crippen molar-refractivity contribution in [2.75, 3.05) is 19.7 Å². The minimum absolute atomic E-state index is 0.0408. The quantitative estimate of drug-likeness (QED) is 0.798. The second-order valence-electron chi connectivity index (χ2n) is 5.18. The molecule has 5 nitrogen and oxygen atoms in total. The van der Waals surface area contributed by atoms with Crippen molar-refractivity contribution >= 4 is 22.9 Å². The number of aliphatic hydroxyl groups excluding tert-OH is 1. The Labute approximate surface area is 136 Å². The summed E-state index contributed by atoms with van der Waals surface area (Å²) in [6.45, 7) is 3.37. The summed E-state index contributed by atoms with van der Waals surface area (Å²) in [6.07, 6.45) is 5.75. The number of aliphatic hydroxyl groups is 1. The van der Waals surface area contributed by atoms with Gasteiger partial charge in [0.2, 0.25) is 5.91 Å². The Balaban J connectivity index is 2.27. The van der Waals surface area contributed by atoms with Crippen LogP contribution in [0.25, 0.3) is 17.0 Å². The maximum atomic E-state index is 12.1. The molecule has 1 N–H and O–H groups in total. The molecule has 0 bridgehead atoms. The fourth-order valence-electron chi connectivity index (χ4n) is 2.57. The van der Waals surface area contributed by atoms with Crippen molar-refractivity contribution in [3.8, 4) is 6.07 Å². The predicted octanol–water partition coefficient (Wildman–Crippen LogP) is 2.41. The van der Waals surface area contributed by atoms with E-state index in [0.29, 0.717) is 26.1 Å². The van der Waals surface area contributed by atoms with E-state index in [9.17, 15) is 4.79 Å². The van der Waals surface area contributed by atoms with Gasteiger partial charge in [-0.15, -0.1) is 0 Å². The first-order valence-electron chi connectivity index (χ1n) is 7.74. The van der Waals surface area contributed by atoms with Crippen LogP contribution in [0.1, 0.15) is 18.9 Å². The van der Waals surface area contributed by atoms with Crippen molar-refractivity contribution in [1.82, 2.24) is 9.47 Å². The van der Waals surface area contributed by atoms with Gasteiger partial charge in [-0.3, -0.25) is 4.79 Å². The lowest BCUT2D eigenvalue weighted by molar-refractivity contribution is -0.126. The smallest absolute Gasteiger partial charge is 0.246 e. The lowest BCUT2D eigenvalue weighted by Crippen LogP contribution is -2.31. The molecule has 1 aromatic heterocycles. The minimum Gasteiger partial charge on any atom is -0.395 e. The molecular formula is C18H21N3O2. The number of carbonyl (C=O) groups is 1. The number of carbonyl (C=O) groups excluding carboxylic acids is 1. The molecule has 1 aromatic carbocycles. The van der Waals surface area contributed by atoms with E-state index in [0.717, 1.165) is 16.5 Å². The molecule has 1 heterocycles. The van der Waals surface area contributed by atoms with Gasteiger partial charge in [-0.2, -0.15) is 5.26 Å². The Bertz CT molecular complexity index is 740. The highest BCUT2D eigenvalue weighted by Crippen LogP contribution is 2.22. The molecule has 0 unspecified atom stereocenters. The third-order valence-corrected chi connectivity index (χ3v) is 3.75. The van der Waals surface area contributed by atoms with Gasteiger partial charge in [-0.05, 0) is 19.1 Å². The highest BCUT2D eigenvalue weighted by molar-refractivity contribution is 5.96. The third-order valence-electron chi connectivity index (χ3n) is 3.75. The molecule has 2 aromatic rings. The summed E-state index contributed by atoms with van der Waals surface area (Å²) < 4.78 is 2.04. The van der Waals surface area contributed by atoms with Crippen LogP contribution in [0.2, 0.25) is 0 Å². The number of benzene rings is 1. The van der Waals surface area contributed by atoms with Gasteiger partial charge in [0, 0.05) is 48.4 Å². The van der Waals surface area contributed by atoms with Crippen LogP contribution >= 0.6 is 0 Å². The van der Waals surface area contributed by atoms with E-state index >= 15 is 0 Å². The Morgan fingerprint density at radius 2 is 2.22 bits per heavy atom. The molecular weight excluding hydrogens is 290 g/mol. The van der Waals surface area contributed by atoms with E-state index in [-0.39, 0.29) is 12.5 Å². The average Bonchev–Trinajstić information content (AvgIpc) is 2.93. The van der Waals surface area contributed by atoms with Crippen LogP contribution in [0, 0.1) is 11.3 Å².